The molecule has 2 bridgehead atoms. The van der Waals surface area contributed by atoms with Crippen LogP contribution in [0.15, 0.2) is 53.1 Å². The number of carbonyl (C=O) groups is 1. The van der Waals surface area contributed by atoms with Crippen molar-refractivity contribution in [3.63, 3.8) is 0 Å². The molecule has 0 atom stereocenters. The molecule has 2 saturated heterocycles. The average molecular weight is 599 g/mol. The molecule has 6 fully saturated rings. The maximum Gasteiger partial charge on any atom is 0.258 e. The van der Waals surface area contributed by atoms with Crippen LogP contribution in [0.3, 0.4) is 0 Å². The number of fused-ring (bicyclic) bond motifs is 3. The fourth-order valence-corrected chi connectivity index (χ4v) is 7.61. The second kappa shape index (κ2) is 10.2. The highest BCUT2D eigenvalue weighted by molar-refractivity contribution is 5.96. The predicted molar refractivity (Wildman–Crippen MR) is 158 cm³/mol. The van der Waals surface area contributed by atoms with E-state index in [9.17, 15) is 18.8 Å². The predicted octanol–water partition coefficient (Wildman–Crippen LogP) is 7.28. The van der Waals surface area contributed by atoms with E-state index in [1.165, 1.54) is 0 Å². The van der Waals surface area contributed by atoms with Crippen LogP contribution in [0.1, 0.15) is 87.1 Å². The van der Waals surface area contributed by atoms with Crippen LogP contribution in [0.5, 0.6) is 0 Å². The second-order valence-corrected chi connectivity index (χ2v) is 14.0. The lowest BCUT2D eigenvalue weighted by atomic mass is 9.63. The molecule has 0 N–H and O–H groups in total. The number of ether oxygens (including phenoxy) is 1. The number of hydrogen-bond acceptors (Lipinski definition) is 6. The lowest BCUT2D eigenvalue weighted by Gasteiger charge is -2.55. The van der Waals surface area contributed by atoms with Crippen molar-refractivity contribution in [2.24, 2.45) is 17.3 Å². The first kappa shape index (κ1) is 27.9. The number of aromatic nitrogens is 2. The van der Waals surface area contributed by atoms with Crippen LogP contribution in [0.2, 0.25) is 0 Å². The Morgan fingerprint density at radius 2 is 1.75 bits per heavy atom. The fourth-order valence-electron chi connectivity index (χ4n) is 7.61. The van der Waals surface area contributed by atoms with Crippen molar-refractivity contribution in [1.82, 2.24) is 10.1 Å². The summed E-state index contributed by atoms with van der Waals surface area (Å²) in [5.74, 6) is 0.301. The van der Waals surface area contributed by atoms with E-state index in [4.69, 9.17) is 9.26 Å². The largest absolute Gasteiger partial charge is 0.370 e. The molecule has 7 nitrogen and oxygen atoms in total. The molecule has 1 amide bonds. The molecule has 1 aromatic heterocycles. The molecule has 228 valence electrons. The van der Waals surface area contributed by atoms with Crippen molar-refractivity contribution >= 4 is 11.6 Å². The van der Waals surface area contributed by atoms with Crippen molar-refractivity contribution in [1.29, 1.82) is 5.26 Å². The molecule has 0 radical (unpaired) electrons. The third-order valence-electron chi connectivity index (χ3n) is 11.1. The molecule has 0 unspecified atom stereocenters. The summed E-state index contributed by atoms with van der Waals surface area (Å²) >= 11 is 0. The van der Waals surface area contributed by atoms with E-state index in [0.717, 1.165) is 79.6 Å². The Morgan fingerprint density at radius 1 is 1.02 bits per heavy atom. The topological polar surface area (TPSA) is 92.2 Å². The summed E-state index contributed by atoms with van der Waals surface area (Å²) < 4.78 is 38.9. The molecular weight excluding hydrogens is 562 g/mol. The standard InChI is InChI=1S/C35H36F2N4O3/c36-29(37)24-16-25(17-24)32(42)41(28-3-1-2-23(18-28)31-39-30(40-44-31)22-4-5-22)20-33-10-14-35(15-11-33,43-21-33)27-8-6-26(7-9-27)34(19-38)12-13-34/h1-3,6-9,18,22,24-25,29H,4-5,10-17,20-21H2. The molecule has 0 spiro atoms. The van der Waals surface area contributed by atoms with E-state index in [0.29, 0.717) is 25.0 Å². The lowest BCUT2D eigenvalue weighted by molar-refractivity contribution is -0.186. The van der Waals surface area contributed by atoms with Crippen LogP contribution in [0.25, 0.3) is 11.5 Å². The maximum atomic E-state index is 14.0. The molecule has 6 aliphatic rings. The third-order valence-corrected chi connectivity index (χ3v) is 11.1. The molecule has 44 heavy (non-hydrogen) atoms. The molecule has 3 aromatic rings. The number of nitrogens with zero attached hydrogens (tertiary/aromatic N) is 4. The van der Waals surface area contributed by atoms with Crippen LogP contribution in [0, 0.1) is 28.6 Å². The summed E-state index contributed by atoms with van der Waals surface area (Å²) in [6.07, 6.45) is 5.53. The highest BCUT2D eigenvalue weighted by atomic mass is 19.3. The SMILES string of the molecule is N#CC1(c2ccc(C34CCC(CN(C(=O)C5CC(C(F)F)C5)c5cccc(-c6nc(C7CC7)no6)c5)(CC3)CO4)cc2)CC1. The fraction of sp³-hybridized carbons (Fsp3) is 0.543. The zero-order valence-corrected chi connectivity index (χ0v) is 24.7. The molecule has 9 rings (SSSR count). The Bertz CT molecular complexity index is 1590. The number of hydrogen-bond donors (Lipinski definition) is 0. The highest BCUT2D eigenvalue weighted by Gasteiger charge is 2.53. The average Bonchev–Trinajstić information content (AvgIpc) is 3.98. The highest BCUT2D eigenvalue weighted by Crippen LogP contribution is 2.55. The number of nitriles is 1. The summed E-state index contributed by atoms with van der Waals surface area (Å²) in [7, 11) is 0. The molecule has 3 heterocycles. The number of rotatable bonds is 9. The number of anilines is 1. The Morgan fingerprint density at radius 3 is 2.36 bits per heavy atom. The van der Waals surface area contributed by atoms with Crippen LogP contribution in [-0.2, 0) is 20.5 Å². The van der Waals surface area contributed by atoms with Crippen molar-refractivity contribution in [3.05, 3.63) is 65.5 Å². The Balaban J connectivity index is 1.03. The van der Waals surface area contributed by atoms with Gasteiger partial charge in [-0.2, -0.15) is 10.2 Å². The smallest absolute Gasteiger partial charge is 0.258 e. The monoisotopic (exact) mass is 598 g/mol. The molecular formula is C35H36F2N4O3. The van der Waals surface area contributed by atoms with Gasteiger partial charge in [0.15, 0.2) is 5.82 Å². The number of alkyl halides is 2. The van der Waals surface area contributed by atoms with Gasteiger partial charge >= 0.3 is 0 Å². The van der Waals surface area contributed by atoms with E-state index >= 15 is 0 Å². The van der Waals surface area contributed by atoms with Gasteiger partial charge in [-0.3, -0.25) is 4.79 Å². The van der Waals surface area contributed by atoms with Crippen molar-refractivity contribution < 1.29 is 22.8 Å². The molecule has 2 aromatic carbocycles. The van der Waals surface area contributed by atoms with Gasteiger partial charge in [-0.05, 0) is 93.5 Å². The van der Waals surface area contributed by atoms with E-state index in [1.807, 2.05) is 29.2 Å². The first-order chi connectivity index (χ1) is 21.3. The number of amides is 1. The molecule has 2 aliphatic heterocycles. The van der Waals surface area contributed by atoms with Crippen LogP contribution in [-0.4, -0.2) is 35.6 Å². The minimum Gasteiger partial charge on any atom is -0.370 e. The van der Waals surface area contributed by atoms with Crippen LogP contribution in [0.4, 0.5) is 14.5 Å². The minimum absolute atomic E-state index is 0.0953. The van der Waals surface area contributed by atoms with E-state index in [-0.39, 0.29) is 35.2 Å². The molecule has 9 heteroatoms. The second-order valence-electron chi connectivity index (χ2n) is 14.0. The van der Waals surface area contributed by atoms with Gasteiger partial charge in [0.1, 0.15) is 0 Å². The number of carbonyl (C=O) groups excluding carboxylic acids is 1. The van der Waals surface area contributed by atoms with Gasteiger partial charge in [-0.25, -0.2) is 8.78 Å². The zero-order chi connectivity index (χ0) is 30.1. The van der Waals surface area contributed by atoms with Gasteiger partial charge in [0.05, 0.1) is 23.7 Å². The van der Waals surface area contributed by atoms with Gasteiger partial charge < -0.3 is 14.2 Å². The lowest BCUT2D eigenvalue weighted by Crippen LogP contribution is -2.56. The van der Waals surface area contributed by atoms with Gasteiger partial charge in [0, 0.05) is 41.0 Å². The summed E-state index contributed by atoms with van der Waals surface area (Å²) in [5, 5.41) is 13.7. The van der Waals surface area contributed by atoms with Gasteiger partial charge in [0.2, 0.25) is 12.3 Å². The van der Waals surface area contributed by atoms with Crippen molar-refractivity contribution in [2.45, 2.75) is 87.6 Å². The Hall–Kier alpha value is -3.64. The number of halogens is 2. The van der Waals surface area contributed by atoms with Crippen molar-refractivity contribution in [3.8, 4) is 17.5 Å². The quantitative estimate of drug-likeness (QED) is 0.257. The molecule has 4 saturated carbocycles. The number of benzene rings is 2. The normalized spacial score (nSPS) is 30.0. The summed E-state index contributed by atoms with van der Waals surface area (Å²) in [6.45, 7) is 1.00. The maximum absolute atomic E-state index is 14.0. The zero-order valence-electron chi connectivity index (χ0n) is 24.7. The van der Waals surface area contributed by atoms with E-state index < -0.39 is 18.3 Å². The van der Waals surface area contributed by atoms with Gasteiger partial charge in [0.25, 0.3) is 5.89 Å². The summed E-state index contributed by atoms with van der Waals surface area (Å²) in [5.41, 5.74) is 2.82. The first-order valence-electron chi connectivity index (χ1n) is 16.0. The third kappa shape index (κ3) is 4.73. The molecule has 4 aliphatic carbocycles. The van der Waals surface area contributed by atoms with Gasteiger partial charge in [-0.1, -0.05) is 35.5 Å². The minimum atomic E-state index is -2.39. The van der Waals surface area contributed by atoms with Gasteiger partial charge in [-0.15, -0.1) is 0 Å². The van der Waals surface area contributed by atoms with Crippen molar-refractivity contribution in [2.75, 3.05) is 18.1 Å². The summed E-state index contributed by atoms with van der Waals surface area (Å²) in [4.78, 5) is 20.4. The van der Waals surface area contributed by atoms with Crippen LogP contribution < -0.4 is 4.90 Å². The van der Waals surface area contributed by atoms with E-state index in [1.54, 1.807) is 0 Å². The Kier molecular flexibility index (Phi) is 6.46. The Labute approximate surface area is 255 Å². The van der Waals surface area contributed by atoms with E-state index in [2.05, 4.69) is 40.5 Å². The van der Waals surface area contributed by atoms with Crippen LogP contribution >= 0.6 is 0 Å². The summed E-state index contributed by atoms with van der Waals surface area (Å²) in [6, 6.07) is 18.5. The first-order valence-corrected chi connectivity index (χ1v) is 16.0.